The molecule has 3 rings (SSSR count). The van der Waals surface area contributed by atoms with Crippen LogP contribution in [0.25, 0.3) is 11.4 Å². The van der Waals surface area contributed by atoms with Crippen LogP contribution in [-0.4, -0.2) is 66.1 Å². The summed E-state index contributed by atoms with van der Waals surface area (Å²) in [7, 11) is -1.56. The highest BCUT2D eigenvalue weighted by Gasteiger charge is 2.34. The van der Waals surface area contributed by atoms with Crippen LogP contribution in [0.4, 0.5) is 0 Å². The molecule has 0 spiro atoms. The van der Waals surface area contributed by atoms with Crippen molar-refractivity contribution in [2.45, 2.75) is 78.5 Å². The van der Waals surface area contributed by atoms with Gasteiger partial charge in [0.25, 0.3) is 0 Å². The molecule has 1 unspecified atom stereocenters. The van der Waals surface area contributed by atoms with E-state index < -0.39 is 15.3 Å². The fourth-order valence-corrected chi connectivity index (χ4v) is 6.36. The van der Waals surface area contributed by atoms with Crippen LogP contribution in [0.3, 0.4) is 0 Å². The Morgan fingerprint density at radius 2 is 1.60 bits per heavy atom. The molecule has 1 saturated heterocycles. The van der Waals surface area contributed by atoms with Crippen molar-refractivity contribution in [2.75, 3.05) is 33.3 Å². The van der Waals surface area contributed by atoms with E-state index in [1.807, 2.05) is 6.92 Å². The van der Waals surface area contributed by atoms with Gasteiger partial charge in [-0.1, -0.05) is 45.4 Å². The predicted molar refractivity (Wildman–Crippen MR) is 142 cm³/mol. The van der Waals surface area contributed by atoms with Crippen molar-refractivity contribution >= 4 is 10.0 Å². The van der Waals surface area contributed by atoms with Crippen LogP contribution < -0.4 is 4.74 Å². The average molecular weight is 503 g/mol. The molecule has 1 aliphatic rings. The molecule has 2 aromatic rings. The molecule has 1 aromatic heterocycles. The smallest absolute Gasteiger partial charge is 0.221 e. The number of aromatic nitrogens is 2. The molecule has 0 radical (unpaired) electrons. The topological polar surface area (TPSA) is 75.6 Å². The molecule has 0 aliphatic carbocycles. The highest BCUT2D eigenvalue weighted by molar-refractivity contribution is 7.89. The van der Waals surface area contributed by atoms with Crippen LogP contribution in [-0.2, 0) is 22.9 Å². The first-order valence-corrected chi connectivity index (χ1v) is 14.5. The number of piperazine rings is 1. The Balaban J connectivity index is 1.99. The van der Waals surface area contributed by atoms with E-state index in [-0.39, 0.29) is 6.04 Å². The standard InChI is InChI=1S/C27H42N4O3S/c1-8-12-23(30-15-17-31(18-16-30)35(32,33)19(4)5)24-20(6)28-26(29-27(24)34-7)25-21(9-2)13-11-14-22(25)10-3/h11,13-14,19,23H,8-10,12,15-18H2,1-7H3. The second-order valence-corrected chi connectivity index (χ2v) is 12.0. The van der Waals surface area contributed by atoms with Crippen LogP contribution in [0.5, 0.6) is 5.88 Å². The van der Waals surface area contributed by atoms with Crippen molar-refractivity contribution in [1.82, 2.24) is 19.2 Å². The van der Waals surface area contributed by atoms with Crippen LogP contribution in [0, 0.1) is 6.92 Å². The van der Waals surface area contributed by atoms with Gasteiger partial charge in [0.15, 0.2) is 5.82 Å². The molecule has 0 bridgehead atoms. The molecule has 0 N–H and O–H groups in total. The number of hydrogen-bond donors (Lipinski definition) is 0. The number of aryl methyl sites for hydroxylation is 3. The van der Waals surface area contributed by atoms with E-state index in [0.29, 0.717) is 32.1 Å². The quantitative estimate of drug-likeness (QED) is 0.465. The molecule has 1 aliphatic heterocycles. The van der Waals surface area contributed by atoms with Gasteiger partial charge in [-0.05, 0) is 51.2 Å². The maximum absolute atomic E-state index is 12.7. The largest absolute Gasteiger partial charge is 0.481 e. The van der Waals surface area contributed by atoms with Gasteiger partial charge in [-0.25, -0.2) is 13.4 Å². The van der Waals surface area contributed by atoms with Crippen molar-refractivity contribution in [3.8, 4) is 17.3 Å². The van der Waals surface area contributed by atoms with Gasteiger partial charge in [-0.15, -0.1) is 0 Å². The molecule has 0 saturated carbocycles. The molecule has 8 heteroatoms. The SMILES string of the molecule is CCCC(c1c(C)nc(-c2c(CC)cccc2CC)nc1OC)N1CCN(S(=O)(=O)C(C)C)CC1. The lowest BCUT2D eigenvalue weighted by Gasteiger charge is -2.40. The van der Waals surface area contributed by atoms with E-state index >= 15 is 0 Å². The number of ether oxygens (including phenoxy) is 1. The van der Waals surface area contributed by atoms with E-state index in [1.54, 1.807) is 25.3 Å². The zero-order valence-corrected chi connectivity index (χ0v) is 23.3. The lowest BCUT2D eigenvalue weighted by atomic mass is 9.95. The first kappa shape index (κ1) is 27.6. The second-order valence-electron chi connectivity index (χ2n) is 9.55. The van der Waals surface area contributed by atoms with E-state index in [2.05, 4.69) is 43.9 Å². The summed E-state index contributed by atoms with van der Waals surface area (Å²) in [6.45, 7) is 14.4. The number of methoxy groups -OCH3 is 1. The predicted octanol–water partition coefficient (Wildman–Crippen LogP) is 4.78. The Hall–Kier alpha value is -2.03. The van der Waals surface area contributed by atoms with Gasteiger partial charge in [0, 0.05) is 37.8 Å². The lowest BCUT2D eigenvalue weighted by molar-refractivity contribution is 0.127. The average Bonchev–Trinajstić information content (AvgIpc) is 2.86. The van der Waals surface area contributed by atoms with Crippen LogP contribution >= 0.6 is 0 Å². The van der Waals surface area contributed by atoms with Gasteiger partial charge in [0.1, 0.15) is 0 Å². The van der Waals surface area contributed by atoms with Gasteiger partial charge in [0.05, 0.1) is 23.6 Å². The third-order valence-corrected chi connectivity index (χ3v) is 9.36. The van der Waals surface area contributed by atoms with Gasteiger partial charge in [-0.3, -0.25) is 4.90 Å². The summed E-state index contributed by atoms with van der Waals surface area (Å²) in [5, 5.41) is -0.400. The van der Waals surface area contributed by atoms with E-state index in [0.717, 1.165) is 48.3 Å². The van der Waals surface area contributed by atoms with Gasteiger partial charge < -0.3 is 4.74 Å². The molecule has 1 aromatic carbocycles. The summed E-state index contributed by atoms with van der Waals surface area (Å²) < 4.78 is 32.8. The highest BCUT2D eigenvalue weighted by Crippen LogP contribution is 2.37. The maximum atomic E-state index is 12.7. The highest BCUT2D eigenvalue weighted by atomic mass is 32.2. The van der Waals surface area contributed by atoms with E-state index in [1.165, 1.54) is 11.1 Å². The molecule has 1 atom stereocenters. The number of hydrogen-bond acceptors (Lipinski definition) is 6. The number of sulfonamides is 1. The summed E-state index contributed by atoms with van der Waals surface area (Å²) in [4.78, 5) is 12.3. The molecule has 1 fully saturated rings. The summed E-state index contributed by atoms with van der Waals surface area (Å²) in [6.07, 6.45) is 3.76. The molecule has 0 amide bonds. The summed E-state index contributed by atoms with van der Waals surface area (Å²) in [5.41, 5.74) is 5.54. The molecule has 7 nitrogen and oxygen atoms in total. The molecular formula is C27H42N4O3S. The van der Waals surface area contributed by atoms with Gasteiger partial charge in [0.2, 0.25) is 15.9 Å². The third kappa shape index (κ3) is 5.70. The zero-order chi connectivity index (χ0) is 25.8. The number of benzene rings is 1. The fourth-order valence-electron chi connectivity index (χ4n) is 5.09. The van der Waals surface area contributed by atoms with Crippen molar-refractivity contribution in [1.29, 1.82) is 0 Å². The van der Waals surface area contributed by atoms with Crippen molar-refractivity contribution in [3.05, 3.63) is 40.6 Å². The third-order valence-electron chi connectivity index (χ3n) is 7.08. The Morgan fingerprint density at radius 3 is 2.09 bits per heavy atom. The van der Waals surface area contributed by atoms with Gasteiger partial charge in [-0.2, -0.15) is 9.29 Å². The Morgan fingerprint density at radius 1 is 1.00 bits per heavy atom. The molecule has 194 valence electrons. The van der Waals surface area contributed by atoms with Crippen LogP contribution in [0.1, 0.15) is 75.9 Å². The lowest BCUT2D eigenvalue weighted by Crippen LogP contribution is -2.51. The first-order chi connectivity index (χ1) is 16.7. The Bertz CT molecular complexity index is 1090. The normalized spacial score (nSPS) is 16.6. The molecular weight excluding hydrogens is 460 g/mol. The molecule has 2 heterocycles. The summed E-state index contributed by atoms with van der Waals surface area (Å²) >= 11 is 0. The summed E-state index contributed by atoms with van der Waals surface area (Å²) in [6, 6.07) is 6.49. The molecule has 35 heavy (non-hydrogen) atoms. The first-order valence-electron chi connectivity index (χ1n) is 13.0. The van der Waals surface area contributed by atoms with Crippen LogP contribution in [0.15, 0.2) is 18.2 Å². The fraction of sp³-hybridized carbons (Fsp3) is 0.630. The van der Waals surface area contributed by atoms with Crippen LogP contribution in [0.2, 0.25) is 0 Å². The van der Waals surface area contributed by atoms with Gasteiger partial charge >= 0.3 is 0 Å². The van der Waals surface area contributed by atoms with E-state index in [4.69, 9.17) is 14.7 Å². The van der Waals surface area contributed by atoms with E-state index in [9.17, 15) is 8.42 Å². The maximum Gasteiger partial charge on any atom is 0.221 e. The minimum absolute atomic E-state index is 0.0833. The number of nitrogens with zero attached hydrogens (tertiary/aromatic N) is 4. The van der Waals surface area contributed by atoms with Crippen molar-refractivity contribution < 1.29 is 13.2 Å². The minimum atomic E-state index is -3.24. The zero-order valence-electron chi connectivity index (χ0n) is 22.5. The van der Waals surface area contributed by atoms with Crippen molar-refractivity contribution in [2.24, 2.45) is 0 Å². The van der Waals surface area contributed by atoms with Crippen molar-refractivity contribution in [3.63, 3.8) is 0 Å². The second kappa shape index (κ2) is 11.8. The monoisotopic (exact) mass is 502 g/mol. The Labute approximate surface area is 212 Å². The minimum Gasteiger partial charge on any atom is -0.481 e. The Kier molecular flexibility index (Phi) is 9.29. The summed E-state index contributed by atoms with van der Waals surface area (Å²) in [5.74, 6) is 1.34. The number of rotatable bonds is 10.